The minimum absolute atomic E-state index is 0.137. The molecule has 2 aromatic rings. The number of carbonyl (C=O) groups is 1. The Morgan fingerprint density at radius 2 is 1.92 bits per heavy atom. The fourth-order valence-electron chi connectivity index (χ4n) is 3.05. The van der Waals surface area contributed by atoms with Gasteiger partial charge in [0.05, 0.1) is 12.2 Å². The second-order valence-electron chi connectivity index (χ2n) is 6.09. The number of halogens is 1. The first-order chi connectivity index (χ1) is 12.1. The maximum Gasteiger partial charge on any atom is 0.303 e. The van der Waals surface area contributed by atoms with E-state index >= 15 is 0 Å². The van der Waals surface area contributed by atoms with Crippen LogP contribution in [-0.2, 0) is 20.7 Å². The van der Waals surface area contributed by atoms with Crippen molar-refractivity contribution in [1.29, 1.82) is 0 Å². The van der Waals surface area contributed by atoms with E-state index in [-0.39, 0.29) is 18.2 Å². The van der Waals surface area contributed by atoms with Crippen LogP contribution in [0.2, 0.25) is 0 Å². The third kappa shape index (κ3) is 4.49. The summed E-state index contributed by atoms with van der Waals surface area (Å²) in [4.78, 5) is 18.3. The zero-order valence-electron chi connectivity index (χ0n) is 14.3. The van der Waals surface area contributed by atoms with E-state index in [2.05, 4.69) is 45.7 Å². The molecule has 0 aliphatic carbocycles. The molecular weight excluding hydrogens is 431 g/mol. The van der Waals surface area contributed by atoms with Crippen LogP contribution in [0.3, 0.4) is 0 Å². The first kappa shape index (κ1) is 18.1. The van der Waals surface area contributed by atoms with Gasteiger partial charge in [-0.25, -0.2) is 4.98 Å². The highest BCUT2D eigenvalue weighted by Crippen LogP contribution is 2.25. The Kier molecular flexibility index (Phi) is 5.90. The molecular formula is C19H21IN2O3. The zero-order chi connectivity index (χ0) is 17.8. The number of hydrogen-bond donors (Lipinski definition) is 0. The maximum atomic E-state index is 11.3. The lowest BCUT2D eigenvalue weighted by atomic mass is 10.1. The molecule has 1 fully saturated rings. The van der Waals surface area contributed by atoms with Crippen molar-refractivity contribution in [2.45, 2.75) is 25.6 Å². The van der Waals surface area contributed by atoms with Crippen molar-refractivity contribution < 1.29 is 14.3 Å². The summed E-state index contributed by atoms with van der Waals surface area (Å²) < 4.78 is 12.0. The monoisotopic (exact) mass is 452 g/mol. The molecule has 0 spiro atoms. The van der Waals surface area contributed by atoms with Crippen molar-refractivity contribution in [3.63, 3.8) is 0 Å². The molecule has 0 N–H and O–H groups in total. The van der Waals surface area contributed by atoms with Crippen molar-refractivity contribution in [2.75, 3.05) is 25.1 Å². The molecule has 0 radical (unpaired) electrons. The fourth-order valence-corrected chi connectivity index (χ4v) is 3.54. The third-order valence-corrected chi connectivity index (χ3v) is 5.26. The Balaban J connectivity index is 1.79. The number of nitrogens with zero attached hydrogens (tertiary/aromatic N) is 2. The van der Waals surface area contributed by atoms with Gasteiger partial charge in [-0.2, -0.15) is 0 Å². The van der Waals surface area contributed by atoms with Gasteiger partial charge < -0.3 is 14.4 Å². The van der Waals surface area contributed by atoms with E-state index in [1.807, 2.05) is 24.3 Å². The minimum Gasteiger partial charge on any atom is -0.458 e. The predicted octanol–water partition coefficient (Wildman–Crippen LogP) is 3.04. The summed E-state index contributed by atoms with van der Waals surface area (Å²) in [6.07, 6.45) is 0.394. The number of benzene rings is 1. The van der Waals surface area contributed by atoms with Gasteiger partial charge in [0.15, 0.2) is 0 Å². The molecule has 0 bridgehead atoms. The molecule has 2 atom stereocenters. The van der Waals surface area contributed by atoms with Gasteiger partial charge in [0.2, 0.25) is 0 Å². The Labute approximate surface area is 161 Å². The van der Waals surface area contributed by atoms with Crippen LogP contribution in [0, 0.1) is 3.57 Å². The number of rotatable bonds is 5. The molecule has 0 saturated carbocycles. The predicted molar refractivity (Wildman–Crippen MR) is 105 cm³/mol. The molecule has 25 heavy (non-hydrogen) atoms. The average Bonchev–Trinajstić information content (AvgIpc) is 3.00. The Bertz CT molecular complexity index is 739. The number of ether oxygens (including phenoxy) is 2. The van der Waals surface area contributed by atoms with E-state index in [9.17, 15) is 4.79 Å². The van der Waals surface area contributed by atoms with Gasteiger partial charge in [0.25, 0.3) is 0 Å². The normalized spacial score (nSPS) is 19.9. The van der Waals surface area contributed by atoms with Gasteiger partial charge >= 0.3 is 5.97 Å². The smallest absolute Gasteiger partial charge is 0.303 e. The summed E-state index contributed by atoms with van der Waals surface area (Å²) in [7, 11) is 1.65. The summed E-state index contributed by atoms with van der Waals surface area (Å²) in [5, 5.41) is 0. The van der Waals surface area contributed by atoms with Crippen LogP contribution < -0.4 is 4.90 Å². The largest absolute Gasteiger partial charge is 0.458 e. The van der Waals surface area contributed by atoms with Crippen LogP contribution in [0.25, 0.3) is 0 Å². The Hall–Kier alpha value is -1.67. The van der Waals surface area contributed by atoms with E-state index in [0.717, 1.165) is 21.5 Å². The quantitative estimate of drug-likeness (QED) is 0.516. The van der Waals surface area contributed by atoms with Crippen molar-refractivity contribution in [3.8, 4) is 0 Å². The van der Waals surface area contributed by atoms with Crippen molar-refractivity contribution in [2.24, 2.45) is 0 Å². The van der Waals surface area contributed by atoms with Gasteiger partial charge in [-0.05, 0) is 40.3 Å². The molecule has 1 aromatic heterocycles. The number of methoxy groups -OCH3 is 1. The number of esters is 1. The van der Waals surface area contributed by atoms with E-state index in [0.29, 0.717) is 13.1 Å². The summed E-state index contributed by atoms with van der Waals surface area (Å²) >= 11 is 2.32. The van der Waals surface area contributed by atoms with Gasteiger partial charge in [-0.3, -0.25) is 4.79 Å². The molecule has 3 rings (SSSR count). The highest BCUT2D eigenvalue weighted by Gasteiger charge is 2.36. The van der Waals surface area contributed by atoms with E-state index < -0.39 is 0 Å². The topological polar surface area (TPSA) is 51.7 Å². The number of pyridine rings is 1. The summed E-state index contributed by atoms with van der Waals surface area (Å²) in [6, 6.07) is 14.4. The number of aromatic nitrogens is 1. The zero-order valence-corrected chi connectivity index (χ0v) is 16.5. The SMILES string of the molecule is COC1CN(c2ccc(I)c(Cc3ccccc3)n2)CC1OC(C)=O. The van der Waals surface area contributed by atoms with Crippen LogP contribution in [0.1, 0.15) is 18.2 Å². The first-order valence-corrected chi connectivity index (χ1v) is 9.29. The van der Waals surface area contributed by atoms with E-state index in [4.69, 9.17) is 14.5 Å². The highest BCUT2D eigenvalue weighted by atomic mass is 127. The second-order valence-corrected chi connectivity index (χ2v) is 7.25. The Morgan fingerprint density at radius 3 is 2.60 bits per heavy atom. The van der Waals surface area contributed by atoms with Crippen molar-refractivity contribution >= 4 is 34.4 Å². The standard InChI is InChI=1S/C19H21IN2O3/c1-13(23)25-18-12-22(11-17(18)24-2)19-9-8-15(20)16(21-19)10-14-6-4-3-5-7-14/h3-9,17-18H,10-12H2,1-2H3. The van der Waals surface area contributed by atoms with Crippen LogP contribution >= 0.6 is 22.6 Å². The van der Waals surface area contributed by atoms with Gasteiger partial charge in [0.1, 0.15) is 18.0 Å². The molecule has 1 saturated heterocycles. The summed E-state index contributed by atoms with van der Waals surface area (Å²) in [5.74, 6) is 0.609. The van der Waals surface area contributed by atoms with Gasteiger partial charge in [-0.15, -0.1) is 0 Å². The van der Waals surface area contributed by atoms with Crippen LogP contribution in [-0.4, -0.2) is 43.4 Å². The van der Waals surface area contributed by atoms with Gasteiger partial charge in [0, 0.05) is 30.6 Å². The highest BCUT2D eigenvalue weighted by molar-refractivity contribution is 14.1. The number of anilines is 1. The molecule has 6 heteroatoms. The maximum absolute atomic E-state index is 11.3. The Morgan fingerprint density at radius 1 is 1.20 bits per heavy atom. The molecule has 2 unspecified atom stereocenters. The third-order valence-electron chi connectivity index (χ3n) is 4.28. The molecule has 1 aliphatic heterocycles. The minimum atomic E-state index is -0.283. The van der Waals surface area contributed by atoms with Crippen molar-refractivity contribution in [1.82, 2.24) is 4.98 Å². The fraction of sp³-hybridized carbons (Fsp3) is 0.368. The molecule has 0 amide bonds. The van der Waals surface area contributed by atoms with Gasteiger partial charge in [-0.1, -0.05) is 30.3 Å². The average molecular weight is 452 g/mol. The van der Waals surface area contributed by atoms with Crippen molar-refractivity contribution in [3.05, 3.63) is 57.3 Å². The number of carbonyl (C=O) groups excluding carboxylic acids is 1. The lowest BCUT2D eigenvalue weighted by Crippen LogP contribution is -2.30. The molecule has 2 heterocycles. The lowest BCUT2D eigenvalue weighted by molar-refractivity contribution is -0.150. The summed E-state index contributed by atoms with van der Waals surface area (Å²) in [6.45, 7) is 2.68. The molecule has 1 aromatic carbocycles. The lowest BCUT2D eigenvalue weighted by Gasteiger charge is -2.18. The van der Waals surface area contributed by atoms with E-state index in [1.165, 1.54) is 12.5 Å². The van der Waals surface area contributed by atoms with Crippen LogP contribution in [0.4, 0.5) is 5.82 Å². The summed E-state index contributed by atoms with van der Waals surface area (Å²) in [5.41, 5.74) is 2.29. The molecule has 1 aliphatic rings. The van der Waals surface area contributed by atoms with E-state index in [1.54, 1.807) is 7.11 Å². The van der Waals surface area contributed by atoms with Crippen LogP contribution in [0.15, 0.2) is 42.5 Å². The molecule has 5 nitrogen and oxygen atoms in total. The molecule has 132 valence electrons. The first-order valence-electron chi connectivity index (χ1n) is 8.21. The second kappa shape index (κ2) is 8.14. The van der Waals surface area contributed by atoms with Crippen LogP contribution in [0.5, 0.6) is 0 Å². The number of hydrogen-bond acceptors (Lipinski definition) is 5.